The second-order valence-electron chi connectivity index (χ2n) is 5.14. The summed E-state index contributed by atoms with van der Waals surface area (Å²) in [7, 11) is 0. The Kier molecular flexibility index (Phi) is 9.11. The fourth-order valence-electron chi connectivity index (χ4n) is 2.13. The number of hydrogen-bond donors (Lipinski definition) is 1. The third kappa shape index (κ3) is 7.85. The summed E-state index contributed by atoms with van der Waals surface area (Å²) >= 11 is 0. The average Bonchev–Trinajstić information content (AvgIpc) is 2.42. The molecule has 0 unspecified atom stereocenters. The van der Waals surface area contributed by atoms with E-state index in [-0.39, 0.29) is 11.9 Å². The van der Waals surface area contributed by atoms with Crippen LogP contribution >= 0.6 is 0 Å². The largest absolute Gasteiger partial charge is 0.473 e. The Hall–Kier alpha value is -1.06. The maximum atomic E-state index is 8.89. The molecule has 0 aliphatic heterocycles. The van der Waals surface area contributed by atoms with E-state index in [9.17, 15) is 0 Å². The molecular formula is C15H28O4. The van der Waals surface area contributed by atoms with Crippen molar-refractivity contribution in [1.82, 2.24) is 0 Å². The Morgan fingerprint density at radius 3 is 1.74 bits per heavy atom. The van der Waals surface area contributed by atoms with E-state index in [1.54, 1.807) is 0 Å². The highest BCUT2D eigenvalue weighted by atomic mass is 17.0. The highest BCUT2D eigenvalue weighted by Gasteiger charge is 2.13. The molecule has 0 aromatic carbocycles. The van der Waals surface area contributed by atoms with Crippen LogP contribution < -0.4 is 4.74 Å². The summed E-state index contributed by atoms with van der Waals surface area (Å²) < 4.78 is 13.8. The molecule has 0 radical (unpaired) electrons. The summed E-state index contributed by atoms with van der Waals surface area (Å²) in [4.78, 5) is 0. The van der Waals surface area contributed by atoms with Crippen LogP contribution in [0.4, 0.5) is 0 Å². The minimum absolute atomic E-state index is 0.118. The molecule has 0 aliphatic rings. The molecular weight excluding hydrogens is 244 g/mol. The van der Waals surface area contributed by atoms with Gasteiger partial charge in [0.25, 0.3) is 0 Å². The first-order chi connectivity index (χ1) is 9.34. The van der Waals surface area contributed by atoms with Gasteiger partial charge in [-0.05, 0) is 6.42 Å². The summed E-state index contributed by atoms with van der Waals surface area (Å²) in [6, 6.07) is 0. The van der Waals surface area contributed by atoms with Crippen molar-refractivity contribution < 1.29 is 19.0 Å². The monoisotopic (exact) mass is 272 g/mol. The van der Waals surface area contributed by atoms with Gasteiger partial charge in [-0.1, -0.05) is 71.1 Å². The minimum Gasteiger partial charge on any atom is -0.473 e. The second-order valence-corrected chi connectivity index (χ2v) is 5.14. The minimum atomic E-state index is -0.247. The SMILES string of the molecule is CCCCCCCCCCCCCOc1ooc1O. The van der Waals surface area contributed by atoms with E-state index in [0.29, 0.717) is 6.61 Å². The lowest BCUT2D eigenvalue weighted by molar-refractivity contribution is -0.0761. The molecule has 0 bridgehead atoms. The number of rotatable bonds is 13. The van der Waals surface area contributed by atoms with Gasteiger partial charge in [0.05, 0.1) is 6.61 Å². The summed E-state index contributed by atoms with van der Waals surface area (Å²) in [5.74, 6) is -0.129. The van der Waals surface area contributed by atoms with Gasteiger partial charge >= 0.3 is 11.9 Å². The second kappa shape index (κ2) is 10.8. The topological polar surface area (TPSA) is 55.7 Å². The zero-order chi connectivity index (χ0) is 13.8. The first-order valence-electron chi connectivity index (χ1n) is 7.75. The smallest absolute Gasteiger partial charge is 0.417 e. The third-order valence-corrected chi connectivity index (χ3v) is 3.35. The van der Waals surface area contributed by atoms with Gasteiger partial charge in [0.2, 0.25) is 0 Å². The highest BCUT2D eigenvalue weighted by Crippen LogP contribution is 2.30. The summed E-state index contributed by atoms with van der Waals surface area (Å²) in [5, 5.41) is 8.89. The average molecular weight is 272 g/mol. The van der Waals surface area contributed by atoms with E-state index in [1.165, 1.54) is 64.2 Å². The van der Waals surface area contributed by atoms with Crippen molar-refractivity contribution in [3.05, 3.63) is 0 Å². The van der Waals surface area contributed by atoms with Crippen LogP contribution in [0.2, 0.25) is 0 Å². The van der Waals surface area contributed by atoms with Crippen LogP contribution in [-0.2, 0) is 0 Å². The van der Waals surface area contributed by atoms with Gasteiger partial charge in [0.15, 0.2) is 0 Å². The molecule has 19 heavy (non-hydrogen) atoms. The maximum absolute atomic E-state index is 8.89. The van der Waals surface area contributed by atoms with Gasteiger partial charge in [-0.3, -0.25) is 0 Å². The van der Waals surface area contributed by atoms with E-state index < -0.39 is 0 Å². The lowest BCUT2D eigenvalue weighted by Gasteiger charge is -2.05. The van der Waals surface area contributed by atoms with E-state index in [4.69, 9.17) is 9.84 Å². The quantitative estimate of drug-likeness (QED) is 0.392. The lowest BCUT2D eigenvalue weighted by Crippen LogP contribution is -1.98. The first kappa shape index (κ1) is 16.0. The molecule has 1 aromatic rings. The van der Waals surface area contributed by atoms with Gasteiger partial charge in [-0.25, -0.2) is 9.15 Å². The summed E-state index contributed by atoms with van der Waals surface area (Å²) in [5.41, 5.74) is 0. The predicted octanol–water partition coefficient (Wildman–Crippen LogP) is 5.27. The van der Waals surface area contributed by atoms with Crippen LogP contribution in [-0.4, -0.2) is 11.7 Å². The standard InChI is InChI=1S/C15H28O4/c1-2-3-4-5-6-7-8-9-10-11-12-13-17-15-14(16)18-19-15/h16H,2-13H2,1H3. The molecule has 1 heterocycles. The third-order valence-electron chi connectivity index (χ3n) is 3.35. The lowest BCUT2D eigenvalue weighted by atomic mass is 10.1. The molecule has 4 heteroatoms. The molecule has 112 valence electrons. The van der Waals surface area contributed by atoms with Crippen LogP contribution in [0, 0.1) is 0 Å². The zero-order valence-corrected chi connectivity index (χ0v) is 12.2. The molecule has 0 atom stereocenters. The van der Waals surface area contributed by atoms with Gasteiger partial charge in [0.1, 0.15) is 0 Å². The summed E-state index contributed by atoms with van der Waals surface area (Å²) in [6.07, 6.45) is 14.4. The van der Waals surface area contributed by atoms with Crippen molar-refractivity contribution in [2.75, 3.05) is 6.61 Å². The van der Waals surface area contributed by atoms with Crippen LogP contribution in [0.3, 0.4) is 0 Å². The van der Waals surface area contributed by atoms with Crippen molar-refractivity contribution in [3.8, 4) is 11.9 Å². The Morgan fingerprint density at radius 2 is 1.32 bits per heavy atom. The maximum Gasteiger partial charge on any atom is 0.417 e. The van der Waals surface area contributed by atoms with Crippen LogP contribution in [0.1, 0.15) is 77.6 Å². The van der Waals surface area contributed by atoms with Gasteiger partial charge in [-0.15, -0.1) is 0 Å². The molecule has 0 spiro atoms. The van der Waals surface area contributed by atoms with Gasteiger partial charge in [-0.2, -0.15) is 0 Å². The number of hydrogen-bond acceptors (Lipinski definition) is 4. The van der Waals surface area contributed by atoms with E-state index >= 15 is 0 Å². The van der Waals surface area contributed by atoms with Crippen molar-refractivity contribution in [3.63, 3.8) is 0 Å². The molecule has 1 aromatic heterocycles. The van der Waals surface area contributed by atoms with Crippen molar-refractivity contribution in [2.45, 2.75) is 77.6 Å². The molecule has 1 N–H and O–H groups in total. The molecule has 0 saturated heterocycles. The summed E-state index contributed by atoms with van der Waals surface area (Å²) in [6.45, 7) is 2.84. The zero-order valence-electron chi connectivity index (χ0n) is 12.2. The van der Waals surface area contributed by atoms with Crippen LogP contribution in [0.15, 0.2) is 9.15 Å². The van der Waals surface area contributed by atoms with Crippen molar-refractivity contribution >= 4 is 0 Å². The molecule has 0 aliphatic carbocycles. The Balaban J connectivity index is 1.71. The number of unbranched alkanes of at least 4 members (excludes halogenated alkanes) is 10. The Morgan fingerprint density at radius 1 is 0.789 bits per heavy atom. The fraction of sp³-hybridized carbons (Fsp3) is 0.867. The fourth-order valence-corrected chi connectivity index (χ4v) is 2.13. The predicted molar refractivity (Wildman–Crippen MR) is 74.6 cm³/mol. The van der Waals surface area contributed by atoms with Crippen LogP contribution in [0.5, 0.6) is 11.9 Å². The van der Waals surface area contributed by atoms with Crippen molar-refractivity contribution in [1.29, 1.82) is 0 Å². The van der Waals surface area contributed by atoms with Gasteiger partial charge in [0, 0.05) is 0 Å². The van der Waals surface area contributed by atoms with Gasteiger partial charge < -0.3 is 9.84 Å². The van der Waals surface area contributed by atoms with E-state index in [1.807, 2.05) is 0 Å². The van der Waals surface area contributed by atoms with Crippen LogP contribution in [0.25, 0.3) is 0 Å². The van der Waals surface area contributed by atoms with E-state index in [0.717, 1.165) is 6.42 Å². The Labute approximate surface area is 116 Å². The number of ether oxygens (including phenoxy) is 1. The first-order valence-corrected chi connectivity index (χ1v) is 7.75. The molecule has 0 saturated carbocycles. The number of aromatic hydroxyl groups is 1. The molecule has 4 nitrogen and oxygen atoms in total. The molecule has 1 rings (SSSR count). The normalized spacial score (nSPS) is 11.0. The molecule has 0 amide bonds. The molecule has 0 fully saturated rings. The Bertz CT molecular complexity index is 290. The van der Waals surface area contributed by atoms with E-state index in [2.05, 4.69) is 16.1 Å². The highest BCUT2D eigenvalue weighted by molar-refractivity contribution is 5.14. The van der Waals surface area contributed by atoms with Crippen molar-refractivity contribution in [2.24, 2.45) is 0 Å².